The third kappa shape index (κ3) is 8.11. The summed E-state index contributed by atoms with van der Waals surface area (Å²) >= 11 is 1.70. The molecule has 0 amide bonds. The van der Waals surface area contributed by atoms with E-state index >= 15 is 0 Å². The molecule has 0 aliphatic carbocycles. The topological polar surface area (TPSA) is 52.6 Å². The summed E-state index contributed by atoms with van der Waals surface area (Å²) in [6, 6.07) is 1.10. The van der Waals surface area contributed by atoms with Gasteiger partial charge in [-0.1, -0.05) is 13.8 Å². The van der Waals surface area contributed by atoms with Crippen LogP contribution < -0.4 is 10.6 Å². The lowest BCUT2D eigenvalue weighted by atomic mass is 10.2. The lowest BCUT2D eigenvalue weighted by Crippen LogP contribution is -2.45. The number of nitrogens with one attached hydrogen (secondary N) is 2. The van der Waals surface area contributed by atoms with Crippen molar-refractivity contribution in [2.75, 3.05) is 20.1 Å². The van der Waals surface area contributed by atoms with Crippen molar-refractivity contribution in [1.29, 1.82) is 0 Å². The summed E-state index contributed by atoms with van der Waals surface area (Å²) in [4.78, 5) is 11.4. The van der Waals surface area contributed by atoms with Gasteiger partial charge in [0.15, 0.2) is 5.96 Å². The molecule has 0 saturated carbocycles. The normalized spacial score (nSPS) is 12.2. The third-order valence-electron chi connectivity index (χ3n) is 3.78. The number of aliphatic imine (C=N–C) groups is 1. The van der Waals surface area contributed by atoms with Gasteiger partial charge in [0.1, 0.15) is 5.01 Å². The van der Waals surface area contributed by atoms with E-state index in [0.29, 0.717) is 18.0 Å². The average Bonchev–Trinajstić information content (AvgIpc) is 2.94. The maximum atomic E-state index is 4.64. The highest BCUT2D eigenvalue weighted by Gasteiger charge is 2.12. The van der Waals surface area contributed by atoms with Gasteiger partial charge in [-0.25, -0.2) is 4.98 Å². The van der Waals surface area contributed by atoms with E-state index in [-0.39, 0.29) is 24.0 Å². The lowest BCUT2D eigenvalue weighted by Gasteiger charge is -2.30. The summed E-state index contributed by atoms with van der Waals surface area (Å²) in [6.07, 6.45) is 0. The van der Waals surface area contributed by atoms with E-state index in [4.69, 9.17) is 0 Å². The van der Waals surface area contributed by atoms with Crippen molar-refractivity contribution in [2.24, 2.45) is 4.99 Å². The first-order valence-corrected chi connectivity index (χ1v) is 9.37. The van der Waals surface area contributed by atoms with Crippen LogP contribution in [-0.2, 0) is 6.54 Å². The zero-order valence-electron chi connectivity index (χ0n) is 16.1. The predicted molar refractivity (Wildman–Crippen MR) is 117 cm³/mol. The zero-order valence-corrected chi connectivity index (χ0v) is 19.2. The highest BCUT2D eigenvalue weighted by Crippen LogP contribution is 2.17. The van der Waals surface area contributed by atoms with Crippen molar-refractivity contribution in [3.8, 4) is 0 Å². The van der Waals surface area contributed by atoms with E-state index < -0.39 is 0 Å². The molecule has 1 aromatic heterocycles. The summed E-state index contributed by atoms with van der Waals surface area (Å²) in [5.74, 6) is 1.31. The molecule has 0 saturated heterocycles. The first kappa shape index (κ1) is 23.6. The van der Waals surface area contributed by atoms with Crippen LogP contribution in [0.3, 0.4) is 0 Å². The Hall–Kier alpha value is -0.410. The lowest BCUT2D eigenvalue weighted by molar-refractivity contribution is 0.178. The molecule has 0 aromatic carbocycles. The largest absolute Gasteiger partial charge is 0.355 e. The van der Waals surface area contributed by atoms with Gasteiger partial charge in [-0.2, -0.15) is 0 Å². The fraction of sp³-hybridized carbons (Fsp3) is 0.765. The van der Waals surface area contributed by atoms with Crippen molar-refractivity contribution in [3.63, 3.8) is 0 Å². The van der Waals surface area contributed by atoms with Gasteiger partial charge >= 0.3 is 0 Å². The third-order valence-corrected chi connectivity index (χ3v) is 4.65. The minimum atomic E-state index is 0. The number of aromatic nitrogens is 1. The second kappa shape index (κ2) is 12.0. The summed E-state index contributed by atoms with van der Waals surface area (Å²) in [6.45, 7) is 15.9. The number of thiazole rings is 1. The summed E-state index contributed by atoms with van der Waals surface area (Å²) in [7, 11) is 1.80. The maximum Gasteiger partial charge on any atom is 0.191 e. The molecule has 5 nitrogen and oxygen atoms in total. The minimum Gasteiger partial charge on any atom is -0.355 e. The molecule has 1 heterocycles. The van der Waals surface area contributed by atoms with E-state index in [0.717, 1.165) is 30.6 Å². The highest BCUT2D eigenvalue weighted by atomic mass is 127. The molecule has 0 radical (unpaired) electrons. The molecule has 2 N–H and O–H groups in total. The van der Waals surface area contributed by atoms with E-state index in [1.54, 1.807) is 18.4 Å². The van der Waals surface area contributed by atoms with Crippen molar-refractivity contribution in [1.82, 2.24) is 20.5 Å². The van der Waals surface area contributed by atoms with Gasteiger partial charge in [0.05, 0.1) is 12.2 Å². The number of hydrogen-bond acceptors (Lipinski definition) is 4. The van der Waals surface area contributed by atoms with E-state index in [9.17, 15) is 0 Å². The summed E-state index contributed by atoms with van der Waals surface area (Å²) in [5.41, 5.74) is 1.17. The van der Waals surface area contributed by atoms with Crippen LogP contribution in [0.25, 0.3) is 0 Å². The van der Waals surface area contributed by atoms with Crippen LogP contribution in [-0.4, -0.2) is 48.1 Å². The second-order valence-corrected chi connectivity index (χ2v) is 7.54. The van der Waals surface area contributed by atoms with Gasteiger partial charge in [-0.3, -0.25) is 9.89 Å². The first-order valence-electron chi connectivity index (χ1n) is 8.49. The fourth-order valence-corrected chi connectivity index (χ4v) is 3.36. The number of halogens is 1. The van der Waals surface area contributed by atoms with Gasteiger partial charge in [-0.15, -0.1) is 35.3 Å². The van der Waals surface area contributed by atoms with Crippen molar-refractivity contribution in [2.45, 2.75) is 66.1 Å². The Morgan fingerprint density at radius 1 is 1.17 bits per heavy atom. The summed E-state index contributed by atoms with van der Waals surface area (Å²) in [5, 5.41) is 9.96. The Bertz CT molecular complexity index is 477. The van der Waals surface area contributed by atoms with Gasteiger partial charge in [-0.05, 0) is 33.6 Å². The standard InChI is InChI=1S/C17H33N5S.HI/c1-12(2)15-11-23-16(21-15)10-20-17(18-7)19-8-9-22(13(3)4)14(5)6;/h11-14H,8-10H2,1-7H3,(H2,18,19,20);1H. The smallest absolute Gasteiger partial charge is 0.191 e. The van der Waals surface area contributed by atoms with Crippen LogP contribution in [0.2, 0.25) is 0 Å². The predicted octanol–water partition coefficient (Wildman–Crippen LogP) is 3.67. The molecule has 0 bridgehead atoms. The molecule has 0 spiro atoms. The van der Waals surface area contributed by atoms with E-state index in [1.165, 1.54) is 5.69 Å². The van der Waals surface area contributed by atoms with Crippen LogP contribution in [0.15, 0.2) is 10.4 Å². The molecule has 7 heteroatoms. The quantitative estimate of drug-likeness (QED) is 0.348. The van der Waals surface area contributed by atoms with Crippen LogP contribution in [0.4, 0.5) is 0 Å². The minimum absolute atomic E-state index is 0. The Morgan fingerprint density at radius 3 is 2.25 bits per heavy atom. The number of rotatable bonds is 8. The van der Waals surface area contributed by atoms with Crippen molar-refractivity contribution < 1.29 is 0 Å². The molecule has 0 fully saturated rings. The van der Waals surface area contributed by atoms with E-state index in [1.807, 2.05) is 0 Å². The number of hydrogen-bond donors (Lipinski definition) is 2. The fourth-order valence-electron chi connectivity index (χ4n) is 2.47. The second-order valence-electron chi connectivity index (χ2n) is 6.60. The number of nitrogens with zero attached hydrogens (tertiary/aromatic N) is 3. The zero-order chi connectivity index (χ0) is 17.4. The Morgan fingerprint density at radius 2 is 1.79 bits per heavy atom. The van der Waals surface area contributed by atoms with Gasteiger partial charge < -0.3 is 10.6 Å². The Labute approximate surface area is 168 Å². The highest BCUT2D eigenvalue weighted by molar-refractivity contribution is 14.0. The molecule has 1 rings (SSSR count). The molecule has 0 unspecified atom stereocenters. The molecular formula is C17H34IN5S. The molecular weight excluding hydrogens is 433 g/mol. The number of guanidine groups is 1. The van der Waals surface area contributed by atoms with Crippen LogP contribution in [0, 0.1) is 0 Å². The van der Waals surface area contributed by atoms with Gasteiger partial charge in [0.25, 0.3) is 0 Å². The Balaban J connectivity index is 0.00000529. The first-order chi connectivity index (χ1) is 10.8. The van der Waals surface area contributed by atoms with Crippen LogP contribution >= 0.6 is 35.3 Å². The average molecular weight is 467 g/mol. The molecule has 24 heavy (non-hydrogen) atoms. The molecule has 1 aromatic rings. The van der Waals surface area contributed by atoms with Crippen LogP contribution in [0.1, 0.15) is 58.2 Å². The van der Waals surface area contributed by atoms with E-state index in [2.05, 4.69) is 72.4 Å². The molecule has 0 atom stereocenters. The molecule has 0 aliphatic heterocycles. The summed E-state index contributed by atoms with van der Waals surface area (Å²) < 4.78 is 0. The Kier molecular flexibility index (Phi) is 11.8. The van der Waals surface area contributed by atoms with Crippen molar-refractivity contribution in [3.05, 3.63) is 16.1 Å². The van der Waals surface area contributed by atoms with Crippen molar-refractivity contribution >= 4 is 41.3 Å². The maximum absolute atomic E-state index is 4.64. The van der Waals surface area contributed by atoms with Crippen LogP contribution in [0.5, 0.6) is 0 Å². The monoisotopic (exact) mass is 467 g/mol. The van der Waals surface area contributed by atoms with Gasteiger partial charge in [0, 0.05) is 37.6 Å². The molecule has 0 aliphatic rings. The SMILES string of the molecule is CN=C(NCCN(C(C)C)C(C)C)NCc1nc(C(C)C)cs1.I. The van der Waals surface area contributed by atoms with Gasteiger partial charge in [0.2, 0.25) is 0 Å². The molecule has 140 valence electrons.